The van der Waals surface area contributed by atoms with E-state index in [0.717, 1.165) is 17.8 Å². The molecule has 0 nitrogen and oxygen atoms in total. The van der Waals surface area contributed by atoms with E-state index in [1.165, 1.54) is 70.6 Å². The predicted octanol–water partition coefficient (Wildman–Crippen LogP) is 6.29. The molecule has 0 heteroatoms. The lowest BCUT2D eigenvalue weighted by Crippen LogP contribution is -2.02. The van der Waals surface area contributed by atoms with Crippen LogP contribution >= 0.6 is 0 Å². The highest BCUT2D eigenvalue weighted by molar-refractivity contribution is 5.14. The van der Waals surface area contributed by atoms with Crippen LogP contribution in [-0.4, -0.2) is 0 Å². The maximum absolute atomic E-state index is 2.52. The molecule has 0 aromatic heterocycles. The molecule has 0 aromatic rings. The average molecular weight is 260 g/mol. The van der Waals surface area contributed by atoms with Crippen LogP contribution in [0.5, 0.6) is 0 Å². The van der Waals surface area contributed by atoms with Gasteiger partial charge in [-0.3, -0.25) is 0 Å². The standard InChI is InChI=1S/C19H32/c1-2-3-4-5-6-7-8-9-10-11-12-18-15-17-13-14-19(18)16-17/h11-14,17-19H,2-10,15-16H2,1H3. The number of hydrogen-bond donors (Lipinski definition) is 0. The van der Waals surface area contributed by atoms with E-state index in [-0.39, 0.29) is 0 Å². The molecular weight excluding hydrogens is 228 g/mol. The van der Waals surface area contributed by atoms with Gasteiger partial charge in [0.25, 0.3) is 0 Å². The maximum Gasteiger partial charge on any atom is -0.0165 e. The van der Waals surface area contributed by atoms with Crippen molar-refractivity contribution in [1.29, 1.82) is 0 Å². The molecule has 2 aliphatic rings. The molecule has 108 valence electrons. The Bertz CT molecular complexity index is 286. The van der Waals surface area contributed by atoms with Gasteiger partial charge in [0.15, 0.2) is 0 Å². The first-order valence-electron chi connectivity index (χ1n) is 8.75. The van der Waals surface area contributed by atoms with Crippen LogP contribution < -0.4 is 0 Å². The summed E-state index contributed by atoms with van der Waals surface area (Å²) in [6.45, 7) is 2.29. The summed E-state index contributed by atoms with van der Waals surface area (Å²) >= 11 is 0. The minimum absolute atomic E-state index is 0.879. The van der Waals surface area contributed by atoms with E-state index < -0.39 is 0 Å². The molecule has 1 saturated carbocycles. The molecule has 0 N–H and O–H groups in total. The Hall–Kier alpha value is -0.520. The molecule has 2 rings (SSSR count). The number of allylic oxidation sites excluding steroid dienone is 4. The highest BCUT2D eigenvalue weighted by Gasteiger charge is 2.33. The summed E-state index contributed by atoms with van der Waals surface area (Å²) in [6.07, 6.45) is 25.5. The van der Waals surface area contributed by atoms with Gasteiger partial charge in [0.2, 0.25) is 0 Å². The SMILES string of the molecule is CCCCCCCCCCC=CC1CC2C=CC1C2. The van der Waals surface area contributed by atoms with E-state index in [1.807, 2.05) is 0 Å². The normalized spacial score (nSPS) is 28.8. The van der Waals surface area contributed by atoms with Gasteiger partial charge in [0.05, 0.1) is 0 Å². The van der Waals surface area contributed by atoms with E-state index in [2.05, 4.69) is 31.2 Å². The summed E-state index contributed by atoms with van der Waals surface area (Å²) in [5.74, 6) is 2.69. The smallest absolute Gasteiger partial charge is 0.0165 e. The summed E-state index contributed by atoms with van der Waals surface area (Å²) in [4.78, 5) is 0. The van der Waals surface area contributed by atoms with Crippen molar-refractivity contribution in [3.8, 4) is 0 Å². The average Bonchev–Trinajstić information content (AvgIpc) is 3.03. The molecule has 0 radical (unpaired) electrons. The number of fused-ring (bicyclic) bond motifs is 2. The van der Waals surface area contributed by atoms with Crippen LogP contribution in [0.1, 0.15) is 77.6 Å². The lowest BCUT2D eigenvalue weighted by atomic mass is 9.93. The molecule has 0 spiro atoms. The van der Waals surface area contributed by atoms with Gasteiger partial charge in [-0.05, 0) is 43.4 Å². The first kappa shape index (κ1) is 14.9. The predicted molar refractivity (Wildman–Crippen MR) is 85.2 cm³/mol. The van der Waals surface area contributed by atoms with Crippen molar-refractivity contribution >= 4 is 0 Å². The molecule has 0 amide bonds. The third-order valence-corrected chi connectivity index (χ3v) is 4.94. The Kier molecular flexibility index (Phi) is 6.74. The molecule has 19 heavy (non-hydrogen) atoms. The molecule has 0 heterocycles. The number of unbranched alkanes of at least 4 members (excludes halogenated alkanes) is 8. The number of rotatable bonds is 10. The van der Waals surface area contributed by atoms with Crippen LogP contribution in [0, 0.1) is 17.8 Å². The summed E-state index contributed by atoms with van der Waals surface area (Å²) < 4.78 is 0. The molecule has 3 unspecified atom stereocenters. The molecule has 0 aromatic carbocycles. The second-order valence-electron chi connectivity index (χ2n) is 6.64. The zero-order valence-electron chi connectivity index (χ0n) is 12.8. The van der Waals surface area contributed by atoms with Crippen molar-refractivity contribution < 1.29 is 0 Å². The lowest BCUT2D eigenvalue weighted by molar-refractivity contribution is 0.546. The van der Waals surface area contributed by atoms with Crippen LogP contribution in [-0.2, 0) is 0 Å². The van der Waals surface area contributed by atoms with Gasteiger partial charge in [-0.1, -0.05) is 76.2 Å². The van der Waals surface area contributed by atoms with Crippen molar-refractivity contribution in [2.45, 2.75) is 77.6 Å². The Morgan fingerprint density at radius 3 is 2.26 bits per heavy atom. The Balaban J connectivity index is 1.41. The van der Waals surface area contributed by atoms with E-state index in [9.17, 15) is 0 Å². The van der Waals surface area contributed by atoms with E-state index >= 15 is 0 Å². The van der Waals surface area contributed by atoms with E-state index in [0.29, 0.717) is 0 Å². The van der Waals surface area contributed by atoms with Gasteiger partial charge in [-0.15, -0.1) is 0 Å². The molecule has 0 aliphatic heterocycles. The Morgan fingerprint density at radius 1 is 0.895 bits per heavy atom. The maximum atomic E-state index is 2.52. The van der Waals surface area contributed by atoms with Crippen LogP contribution in [0.25, 0.3) is 0 Å². The topological polar surface area (TPSA) is 0 Å². The zero-order chi connectivity index (χ0) is 13.3. The van der Waals surface area contributed by atoms with Crippen molar-refractivity contribution in [1.82, 2.24) is 0 Å². The van der Waals surface area contributed by atoms with Crippen LogP contribution in [0.3, 0.4) is 0 Å². The minimum Gasteiger partial charge on any atom is -0.0882 e. The summed E-state index contributed by atoms with van der Waals surface area (Å²) in [5.41, 5.74) is 0. The van der Waals surface area contributed by atoms with Gasteiger partial charge in [-0.2, -0.15) is 0 Å². The summed E-state index contributed by atoms with van der Waals surface area (Å²) in [5, 5.41) is 0. The monoisotopic (exact) mass is 260 g/mol. The molecule has 2 aliphatic carbocycles. The van der Waals surface area contributed by atoms with Crippen molar-refractivity contribution in [2.75, 3.05) is 0 Å². The second-order valence-corrected chi connectivity index (χ2v) is 6.64. The highest BCUT2D eigenvalue weighted by atomic mass is 14.4. The van der Waals surface area contributed by atoms with Crippen LogP contribution in [0.2, 0.25) is 0 Å². The fourth-order valence-corrected chi connectivity index (χ4v) is 3.71. The molecular formula is C19H32. The Labute approximate surface area is 120 Å². The molecule has 2 bridgehead atoms. The van der Waals surface area contributed by atoms with E-state index in [4.69, 9.17) is 0 Å². The van der Waals surface area contributed by atoms with Gasteiger partial charge in [0, 0.05) is 0 Å². The molecule has 3 atom stereocenters. The zero-order valence-corrected chi connectivity index (χ0v) is 12.8. The molecule has 0 saturated heterocycles. The summed E-state index contributed by atoms with van der Waals surface area (Å²) in [7, 11) is 0. The third kappa shape index (κ3) is 5.16. The fourth-order valence-electron chi connectivity index (χ4n) is 3.71. The van der Waals surface area contributed by atoms with Crippen LogP contribution in [0.4, 0.5) is 0 Å². The van der Waals surface area contributed by atoms with Gasteiger partial charge in [-0.25, -0.2) is 0 Å². The lowest BCUT2D eigenvalue weighted by Gasteiger charge is -2.12. The quantitative estimate of drug-likeness (QED) is 0.320. The van der Waals surface area contributed by atoms with E-state index in [1.54, 1.807) is 0 Å². The van der Waals surface area contributed by atoms with Gasteiger partial charge >= 0.3 is 0 Å². The fraction of sp³-hybridized carbons (Fsp3) is 0.789. The van der Waals surface area contributed by atoms with Gasteiger partial charge < -0.3 is 0 Å². The third-order valence-electron chi connectivity index (χ3n) is 4.94. The molecule has 1 fully saturated rings. The van der Waals surface area contributed by atoms with Crippen LogP contribution in [0.15, 0.2) is 24.3 Å². The van der Waals surface area contributed by atoms with Crippen molar-refractivity contribution in [3.05, 3.63) is 24.3 Å². The minimum atomic E-state index is 0.879. The van der Waals surface area contributed by atoms with Crippen molar-refractivity contribution in [2.24, 2.45) is 17.8 Å². The second kappa shape index (κ2) is 8.61. The Morgan fingerprint density at radius 2 is 1.63 bits per heavy atom. The largest absolute Gasteiger partial charge is 0.0882 e. The van der Waals surface area contributed by atoms with Gasteiger partial charge in [0.1, 0.15) is 0 Å². The first-order chi connectivity index (χ1) is 9.40. The first-order valence-corrected chi connectivity index (χ1v) is 8.75. The highest BCUT2D eigenvalue weighted by Crippen LogP contribution is 2.43. The van der Waals surface area contributed by atoms with Crippen molar-refractivity contribution in [3.63, 3.8) is 0 Å². The summed E-state index contributed by atoms with van der Waals surface area (Å²) in [6, 6.07) is 0. The number of hydrogen-bond acceptors (Lipinski definition) is 0.